The van der Waals surface area contributed by atoms with Crippen molar-refractivity contribution in [2.45, 2.75) is 37.6 Å². The van der Waals surface area contributed by atoms with Crippen LogP contribution in [0.25, 0.3) is 11.1 Å². The Hall–Kier alpha value is -4.59. The first-order valence-corrected chi connectivity index (χ1v) is 13.9. The van der Waals surface area contributed by atoms with Gasteiger partial charge in [0.25, 0.3) is 0 Å². The van der Waals surface area contributed by atoms with Crippen molar-refractivity contribution in [1.29, 1.82) is 10.5 Å². The van der Waals surface area contributed by atoms with E-state index in [-0.39, 0.29) is 23.7 Å². The van der Waals surface area contributed by atoms with Crippen molar-refractivity contribution in [3.63, 3.8) is 0 Å². The first-order valence-electron chi connectivity index (χ1n) is 12.9. The summed E-state index contributed by atoms with van der Waals surface area (Å²) < 4.78 is 0. The molecule has 2 N–H and O–H groups in total. The highest BCUT2D eigenvalue weighted by atomic mass is 32.2. The maximum Gasteiger partial charge on any atom is 0.232 e. The summed E-state index contributed by atoms with van der Waals surface area (Å²) in [5.74, 6) is 0.455. The lowest BCUT2D eigenvalue weighted by Gasteiger charge is -2.25. The zero-order valence-corrected chi connectivity index (χ0v) is 22.5. The molecule has 0 fully saturated rings. The summed E-state index contributed by atoms with van der Waals surface area (Å²) in [6.45, 7) is 2.07. The Kier molecular flexibility index (Phi) is 7.63. The van der Waals surface area contributed by atoms with Crippen molar-refractivity contribution in [2.75, 3.05) is 16.4 Å². The van der Waals surface area contributed by atoms with Gasteiger partial charge in [-0.25, -0.2) is 4.98 Å². The number of anilines is 3. The molecule has 6 nitrogen and oxygen atoms in total. The Morgan fingerprint density at radius 1 is 0.923 bits per heavy atom. The quantitative estimate of drug-likeness (QED) is 0.283. The molecule has 4 aromatic rings. The number of fused-ring (bicyclic) bond motifs is 2. The smallest absolute Gasteiger partial charge is 0.232 e. The number of nitrogens with zero attached hydrogens (tertiary/aromatic N) is 4. The largest absolute Gasteiger partial charge is 0.383 e. The Labute approximate surface area is 232 Å². The minimum atomic E-state index is -0.0280. The van der Waals surface area contributed by atoms with Crippen LogP contribution in [-0.2, 0) is 24.1 Å². The summed E-state index contributed by atoms with van der Waals surface area (Å²) in [6.07, 6.45) is 2.86. The van der Waals surface area contributed by atoms with E-state index in [0.717, 1.165) is 52.9 Å². The third-order valence-corrected chi connectivity index (χ3v) is 7.98. The zero-order chi connectivity index (χ0) is 27.4. The molecular weight excluding hydrogens is 502 g/mol. The van der Waals surface area contributed by atoms with Gasteiger partial charge in [0, 0.05) is 17.7 Å². The van der Waals surface area contributed by atoms with Gasteiger partial charge in [-0.3, -0.25) is 9.69 Å². The number of aromatic nitrogens is 1. The van der Waals surface area contributed by atoms with Gasteiger partial charge in [-0.15, -0.1) is 11.8 Å². The maximum absolute atomic E-state index is 13.7. The van der Waals surface area contributed by atoms with E-state index < -0.39 is 0 Å². The van der Waals surface area contributed by atoms with E-state index in [1.54, 1.807) is 0 Å². The van der Waals surface area contributed by atoms with Crippen molar-refractivity contribution in [1.82, 2.24) is 4.98 Å². The van der Waals surface area contributed by atoms with Crippen molar-refractivity contribution in [3.05, 3.63) is 101 Å². The van der Waals surface area contributed by atoms with E-state index >= 15 is 0 Å². The second-order valence-electron chi connectivity index (χ2n) is 9.29. The fourth-order valence-corrected chi connectivity index (χ4v) is 5.92. The molecule has 0 saturated carbocycles. The fraction of sp³-hybridized carbons (Fsp3) is 0.188. The topological polar surface area (TPSA) is 107 Å². The van der Waals surface area contributed by atoms with Crippen LogP contribution in [0.15, 0.2) is 77.8 Å². The number of nitrogen functional groups attached to an aromatic ring is 1. The van der Waals surface area contributed by atoms with Crippen LogP contribution in [0.3, 0.4) is 0 Å². The van der Waals surface area contributed by atoms with Crippen LogP contribution in [0, 0.1) is 22.7 Å². The monoisotopic (exact) mass is 529 g/mol. The van der Waals surface area contributed by atoms with E-state index in [4.69, 9.17) is 5.73 Å². The second kappa shape index (κ2) is 11.4. The Balaban J connectivity index is 1.44. The molecule has 0 unspecified atom stereocenters. The van der Waals surface area contributed by atoms with Crippen molar-refractivity contribution >= 4 is 34.9 Å². The highest BCUT2D eigenvalue weighted by molar-refractivity contribution is 7.99. The summed E-state index contributed by atoms with van der Waals surface area (Å²) in [6, 6.07) is 28.2. The lowest BCUT2D eigenvalue weighted by Crippen LogP contribution is -2.27. The average Bonchev–Trinajstić information content (AvgIpc) is 3.14. The van der Waals surface area contributed by atoms with Gasteiger partial charge < -0.3 is 5.73 Å². The zero-order valence-electron chi connectivity index (χ0n) is 21.6. The molecule has 0 atom stereocenters. The van der Waals surface area contributed by atoms with Crippen LogP contribution >= 0.6 is 11.8 Å². The molecule has 5 rings (SSSR count). The number of carbonyl (C=O) groups is 1. The minimum Gasteiger partial charge on any atom is -0.383 e. The predicted molar refractivity (Wildman–Crippen MR) is 156 cm³/mol. The van der Waals surface area contributed by atoms with Crippen molar-refractivity contribution < 1.29 is 4.79 Å². The van der Waals surface area contributed by atoms with Crippen molar-refractivity contribution in [2.24, 2.45) is 0 Å². The van der Waals surface area contributed by atoms with Gasteiger partial charge in [-0.05, 0) is 53.6 Å². The first-order chi connectivity index (χ1) is 19.0. The maximum atomic E-state index is 13.7. The van der Waals surface area contributed by atoms with Crippen LogP contribution in [0.4, 0.5) is 17.2 Å². The molecule has 1 aromatic heterocycles. The number of amides is 1. The lowest BCUT2D eigenvalue weighted by molar-refractivity contribution is -0.117. The molecule has 39 heavy (non-hydrogen) atoms. The van der Waals surface area contributed by atoms with Crippen LogP contribution in [-0.4, -0.2) is 16.6 Å². The molecular formula is C32H27N5OS. The molecule has 1 aliphatic heterocycles. The van der Waals surface area contributed by atoms with E-state index in [0.29, 0.717) is 21.9 Å². The number of benzene rings is 3. The van der Waals surface area contributed by atoms with E-state index in [2.05, 4.69) is 36.2 Å². The number of thioether (sulfide) groups is 1. The Morgan fingerprint density at radius 3 is 2.08 bits per heavy atom. The van der Waals surface area contributed by atoms with Crippen LogP contribution in [0.1, 0.15) is 41.2 Å². The SMILES string of the molecule is CCc1ccc(-c2c(C#N)c(N)nc(SCCC(=O)N3c4ccccc4CCc4ccccc43)c2C#N)cc1. The van der Waals surface area contributed by atoms with Crippen LogP contribution < -0.4 is 10.6 Å². The number of pyridine rings is 1. The van der Waals surface area contributed by atoms with E-state index in [9.17, 15) is 15.3 Å². The molecule has 0 spiro atoms. The first kappa shape index (κ1) is 26.0. The Bertz CT molecular complexity index is 1580. The molecule has 0 radical (unpaired) electrons. The standard InChI is InChI=1S/C32H27N5OS/c1-2-21-11-13-24(14-12-21)30-25(19-33)31(35)36-32(26(30)20-34)39-18-17-29(38)37-27-9-5-3-7-22(27)15-16-23-8-4-6-10-28(23)37/h3-14H,2,15-18H2,1H3,(H2,35,36). The number of nitrogens with two attached hydrogens (primary N) is 1. The number of hydrogen-bond donors (Lipinski definition) is 1. The average molecular weight is 530 g/mol. The second-order valence-corrected chi connectivity index (χ2v) is 10.4. The molecule has 7 heteroatoms. The highest BCUT2D eigenvalue weighted by Gasteiger charge is 2.26. The number of carbonyl (C=O) groups excluding carboxylic acids is 1. The lowest BCUT2D eigenvalue weighted by atomic mass is 9.96. The molecule has 192 valence electrons. The van der Waals surface area contributed by atoms with Gasteiger partial charge in [0.15, 0.2) is 0 Å². The summed E-state index contributed by atoms with van der Waals surface area (Å²) in [4.78, 5) is 19.9. The van der Waals surface area contributed by atoms with Gasteiger partial charge in [0.1, 0.15) is 28.5 Å². The minimum absolute atomic E-state index is 0.0280. The number of aryl methyl sites for hydroxylation is 3. The number of nitriles is 2. The molecule has 1 aliphatic rings. The van der Waals surface area contributed by atoms with Gasteiger partial charge >= 0.3 is 0 Å². The van der Waals surface area contributed by atoms with Gasteiger partial charge in [0.2, 0.25) is 5.91 Å². The highest BCUT2D eigenvalue weighted by Crippen LogP contribution is 2.38. The third kappa shape index (κ3) is 5.10. The number of rotatable bonds is 6. The summed E-state index contributed by atoms with van der Waals surface area (Å²) in [7, 11) is 0. The summed E-state index contributed by atoms with van der Waals surface area (Å²) >= 11 is 1.31. The van der Waals surface area contributed by atoms with E-state index in [1.165, 1.54) is 11.8 Å². The molecule has 2 heterocycles. The molecule has 1 amide bonds. The van der Waals surface area contributed by atoms with Gasteiger partial charge in [-0.2, -0.15) is 10.5 Å². The number of para-hydroxylation sites is 2. The molecule has 0 saturated heterocycles. The van der Waals surface area contributed by atoms with Crippen molar-refractivity contribution in [3.8, 4) is 23.3 Å². The normalized spacial score (nSPS) is 12.0. The van der Waals surface area contributed by atoms with Gasteiger partial charge in [0.05, 0.1) is 16.9 Å². The summed E-state index contributed by atoms with van der Waals surface area (Å²) in [5, 5.41) is 20.3. The molecule has 0 bridgehead atoms. The fourth-order valence-electron chi connectivity index (χ4n) is 4.99. The predicted octanol–water partition coefficient (Wildman–Crippen LogP) is 6.58. The third-order valence-electron chi connectivity index (χ3n) is 7.00. The van der Waals surface area contributed by atoms with Crippen LogP contribution in [0.5, 0.6) is 0 Å². The van der Waals surface area contributed by atoms with E-state index in [1.807, 2.05) is 65.6 Å². The van der Waals surface area contributed by atoms with Gasteiger partial charge in [-0.1, -0.05) is 67.6 Å². The molecule has 3 aromatic carbocycles. The Morgan fingerprint density at radius 2 is 1.51 bits per heavy atom. The number of hydrogen-bond acceptors (Lipinski definition) is 6. The van der Waals surface area contributed by atoms with Crippen LogP contribution in [0.2, 0.25) is 0 Å². The molecule has 0 aliphatic carbocycles. The summed E-state index contributed by atoms with van der Waals surface area (Å²) in [5.41, 5.74) is 13.2.